The summed E-state index contributed by atoms with van der Waals surface area (Å²) in [4.78, 5) is 9.00. The lowest BCUT2D eigenvalue weighted by Gasteiger charge is -1.85. The Hall–Kier alpha value is -0.610. The molecule has 0 radical (unpaired) electrons. The molecule has 0 aliphatic rings. The van der Waals surface area contributed by atoms with Crippen molar-refractivity contribution in [2.45, 2.75) is 46.5 Å². The van der Waals surface area contributed by atoms with Crippen LogP contribution in [0.4, 0.5) is 0 Å². The van der Waals surface area contributed by atoms with Crippen molar-refractivity contribution < 1.29 is 20.1 Å². The Balaban J connectivity index is -0.000000135. The Morgan fingerprint density at radius 2 is 1.36 bits per heavy atom. The van der Waals surface area contributed by atoms with Gasteiger partial charge in [-0.05, 0) is 12.8 Å². The Bertz CT molecular complexity index is 84.1. The molecule has 0 aliphatic heterocycles. The van der Waals surface area contributed by atoms with Gasteiger partial charge in [-0.25, -0.2) is 0 Å². The minimum absolute atomic E-state index is 0.319. The van der Waals surface area contributed by atoms with Crippen LogP contribution in [-0.4, -0.2) is 34.5 Å². The summed E-state index contributed by atoms with van der Waals surface area (Å²) in [5.74, 6) is -0.833. The third kappa shape index (κ3) is 107. The first-order valence-corrected chi connectivity index (χ1v) is 4.97. The van der Waals surface area contributed by atoms with E-state index in [2.05, 4.69) is 6.92 Å². The van der Waals surface area contributed by atoms with Crippen LogP contribution in [0.25, 0.3) is 0 Å². The summed E-state index contributed by atoms with van der Waals surface area (Å²) in [5, 5.41) is 23.5. The monoisotopic (exact) mass is 208 g/mol. The SMILES string of the molecule is CC(=O)O.CCCCCO.CCCO. The summed E-state index contributed by atoms with van der Waals surface area (Å²) in [6, 6.07) is 0. The quantitative estimate of drug-likeness (QED) is 0.614. The highest BCUT2D eigenvalue weighted by Crippen LogP contribution is 1.89. The van der Waals surface area contributed by atoms with E-state index in [0.29, 0.717) is 13.2 Å². The van der Waals surface area contributed by atoms with Crippen LogP contribution in [0.1, 0.15) is 46.5 Å². The lowest BCUT2D eigenvalue weighted by Crippen LogP contribution is -1.78. The van der Waals surface area contributed by atoms with Gasteiger partial charge in [0.2, 0.25) is 0 Å². The van der Waals surface area contributed by atoms with Crippen molar-refractivity contribution >= 4 is 5.97 Å². The maximum atomic E-state index is 9.00. The fourth-order valence-corrected chi connectivity index (χ4v) is 0.362. The van der Waals surface area contributed by atoms with Crippen molar-refractivity contribution in [1.29, 1.82) is 0 Å². The van der Waals surface area contributed by atoms with Crippen molar-refractivity contribution in [3.05, 3.63) is 0 Å². The lowest BCUT2D eigenvalue weighted by molar-refractivity contribution is -0.134. The number of aliphatic carboxylic acids is 1. The van der Waals surface area contributed by atoms with Crippen molar-refractivity contribution in [3.63, 3.8) is 0 Å². The number of carboxylic acid groups (broad SMARTS) is 1. The summed E-state index contributed by atoms with van der Waals surface area (Å²) < 4.78 is 0. The molecule has 4 nitrogen and oxygen atoms in total. The maximum Gasteiger partial charge on any atom is 0.300 e. The van der Waals surface area contributed by atoms with Gasteiger partial charge in [0.15, 0.2) is 0 Å². The third-order valence-corrected chi connectivity index (χ3v) is 0.985. The molecule has 0 saturated carbocycles. The van der Waals surface area contributed by atoms with Crippen LogP contribution in [0.5, 0.6) is 0 Å². The minimum Gasteiger partial charge on any atom is -0.481 e. The van der Waals surface area contributed by atoms with Gasteiger partial charge in [-0.15, -0.1) is 0 Å². The molecule has 0 heterocycles. The average molecular weight is 208 g/mol. The maximum absolute atomic E-state index is 9.00. The molecular formula is C10H24O4. The highest BCUT2D eigenvalue weighted by molar-refractivity contribution is 5.62. The summed E-state index contributed by atoms with van der Waals surface area (Å²) in [5.41, 5.74) is 0. The van der Waals surface area contributed by atoms with E-state index in [1.165, 1.54) is 6.42 Å². The molecule has 0 bridgehead atoms. The van der Waals surface area contributed by atoms with Crippen molar-refractivity contribution in [2.75, 3.05) is 13.2 Å². The molecule has 88 valence electrons. The molecule has 0 fully saturated rings. The van der Waals surface area contributed by atoms with E-state index in [9.17, 15) is 0 Å². The number of aliphatic hydroxyl groups is 2. The van der Waals surface area contributed by atoms with E-state index in [-0.39, 0.29) is 0 Å². The topological polar surface area (TPSA) is 77.8 Å². The van der Waals surface area contributed by atoms with E-state index >= 15 is 0 Å². The molecule has 3 N–H and O–H groups in total. The molecule has 0 aliphatic carbocycles. The lowest BCUT2D eigenvalue weighted by atomic mass is 10.3. The van der Waals surface area contributed by atoms with Gasteiger partial charge in [0.25, 0.3) is 5.97 Å². The highest BCUT2D eigenvalue weighted by atomic mass is 16.4. The normalized spacial score (nSPS) is 7.79. The molecule has 0 unspecified atom stereocenters. The predicted molar refractivity (Wildman–Crippen MR) is 57.3 cm³/mol. The van der Waals surface area contributed by atoms with Crippen LogP contribution >= 0.6 is 0 Å². The predicted octanol–water partition coefficient (Wildman–Crippen LogP) is 1.65. The van der Waals surface area contributed by atoms with Gasteiger partial charge in [0, 0.05) is 20.1 Å². The number of rotatable bonds is 4. The molecule has 0 aromatic carbocycles. The Morgan fingerprint density at radius 3 is 1.43 bits per heavy atom. The fraction of sp³-hybridized carbons (Fsp3) is 0.900. The average Bonchev–Trinajstić information content (AvgIpc) is 2.14. The summed E-state index contributed by atoms with van der Waals surface area (Å²) in [6.45, 7) is 5.81. The Kier molecular flexibility index (Phi) is 31.1. The Morgan fingerprint density at radius 1 is 1.00 bits per heavy atom. The van der Waals surface area contributed by atoms with Crippen LogP contribution < -0.4 is 0 Å². The van der Waals surface area contributed by atoms with Crippen LogP contribution in [0, 0.1) is 0 Å². The van der Waals surface area contributed by atoms with Crippen LogP contribution in [0.2, 0.25) is 0 Å². The molecule has 0 atom stereocenters. The van der Waals surface area contributed by atoms with Gasteiger partial charge in [-0.3, -0.25) is 4.79 Å². The minimum atomic E-state index is -0.833. The zero-order valence-electron chi connectivity index (χ0n) is 9.49. The number of aliphatic hydroxyl groups excluding tert-OH is 2. The van der Waals surface area contributed by atoms with Gasteiger partial charge < -0.3 is 15.3 Å². The second-order valence-corrected chi connectivity index (χ2v) is 2.67. The van der Waals surface area contributed by atoms with E-state index in [0.717, 1.165) is 26.2 Å². The molecule has 4 heteroatoms. The van der Waals surface area contributed by atoms with Gasteiger partial charge in [-0.2, -0.15) is 0 Å². The first kappa shape index (κ1) is 19.0. The second kappa shape index (κ2) is 22.8. The standard InChI is InChI=1S/C5H12O.C3H8O.C2H4O2/c1-2-3-4-5-6;1-2-3-4;1-2(3)4/h6H,2-5H2,1H3;4H,2-3H2,1H3;1H3,(H,3,4). The first-order valence-electron chi connectivity index (χ1n) is 4.97. The third-order valence-electron chi connectivity index (χ3n) is 0.985. The molecule has 0 saturated heterocycles. The number of carbonyl (C=O) groups is 1. The van der Waals surface area contributed by atoms with Gasteiger partial charge in [-0.1, -0.05) is 26.7 Å². The van der Waals surface area contributed by atoms with E-state index in [1.807, 2.05) is 6.92 Å². The summed E-state index contributed by atoms with van der Waals surface area (Å²) >= 11 is 0. The van der Waals surface area contributed by atoms with Crippen LogP contribution in [0.3, 0.4) is 0 Å². The molecule has 0 aromatic heterocycles. The molecular weight excluding hydrogens is 184 g/mol. The van der Waals surface area contributed by atoms with E-state index in [4.69, 9.17) is 20.1 Å². The number of unbranched alkanes of at least 4 members (excludes halogenated alkanes) is 2. The molecule has 0 amide bonds. The number of carboxylic acids is 1. The van der Waals surface area contributed by atoms with Gasteiger partial charge >= 0.3 is 0 Å². The highest BCUT2D eigenvalue weighted by Gasteiger charge is 1.76. The molecule has 0 aromatic rings. The smallest absolute Gasteiger partial charge is 0.300 e. The zero-order chi connectivity index (χ0) is 11.8. The number of hydrogen-bond donors (Lipinski definition) is 3. The van der Waals surface area contributed by atoms with Crippen LogP contribution in [0.15, 0.2) is 0 Å². The first-order chi connectivity index (χ1) is 6.56. The molecule has 0 spiro atoms. The second-order valence-electron chi connectivity index (χ2n) is 2.67. The van der Waals surface area contributed by atoms with E-state index < -0.39 is 5.97 Å². The van der Waals surface area contributed by atoms with Crippen LogP contribution in [-0.2, 0) is 4.79 Å². The molecule has 14 heavy (non-hydrogen) atoms. The summed E-state index contributed by atoms with van der Waals surface area (Å²) in [7, 11) is 0. The van der Waals surface area contributed by atoms with Crippen molar-refractivity contribution in [3.8, 4) is 0 Å². The van der Waals surface area contributed by atoms with Gasteiger partial charge in [0.1, 0.15) is 0 Å². The van der Waals surface area contributed by atoms with E-state index in [1.54, 1.807) is 0 Å². The summed E-state index contributed by atoms with van der Waals surface area (Å²) in [6.07, 6.45) is 4.20. The zero-order valence-corrected chi connectivity index (χ0v) is 9.49. The Labute approximate surface area is 86.6 Å². The van der Waals surface area contributed by atoms with Gasteiger partial charge in [0.05, 0.1) is 0 Å². The largest absolute Gasteiger partial charge is 0.481 e. The molecule has 0 rings (SSSR count). The number of hydrogen-bond acceptors (Lipinski definition) is 3. The fourth-order valence-electron chi connectivity index (χ4n) is 0.362. The van der Waals surface area contributed by atoms with Crippen molar-refractivity contribution in [2.24, 2.45) is 0 Å². The van der Waals surface area contributed by atoms with Crippen molar-refractivity contribution in [1.82, 2.24) is 0 Å².